The van der Waals surface area contributed by atoms with Gasteiger partial charge in [0, 0.05) is 37.2 Å². The Labute approximate surface area is 185 Å². The molecule has 0 bridgehead atoms. The van der Waals surface area contributed by atoms with Crippen molar-refractivity contribution in [2.45, 2.75) is 18.4 Å². The maximum Gasteiger partial charge on any atom is 0.176 e. The van der Waals surface area contributed by atoms with Crippen LogP contribution in [0, 0.1) is 17.3 Å². The number of hydrogen-bond acceptors (Lipinski definition) is 3. The Kier molecular flexibility index (Phi) is 8.03. The molecule has 0 amide bonds. The average Bonchev–Trinajstić information content (AvgIpc) is 2.81. The van der Waals surface area contributed by atoms with Crippen molar-refractivity contribution >= 4 is 0 Å². The molecule has 1 N–H and O–H groups in total. The summed E-state index contributed by atoms with van der Waals surface area (Å²) in [4.78, 5) is 0. The molecule has 3 aromatic carbocycles. The van der Waals surface area contributed by atoms with E-state index in [4.69, 9.17) is 9.47 Å². The van der Waals surface area contributed by atoms with E-state index >= 15 is 0 Å². The third-order valence-corrected chi connectivity index (χ3v) is 5.44. The second-order valence-corrected chi connectivity index (χ2v) is 7.95. The average molecular weight is 415 g/mol. The first-order chi connectivity index (χ1) is 15.1. The fraction of sp³-hybridized carbons (Fsp3) is 0.286. The summed E-state index contributed by atoms with van der Waals surface area (Å²) in [5.74, 6) is 6.47. The molecule has 3 nitrogen and oxygen atoms in total. The van der Waals surface area contributed by atoms with Gasteiger partial charge in [0.25, 0.3) is 0 Å². The molecule has 0 aliphatic carbocycles. The predicted octanol–water partition coefficient (Wildman–Crippen LogP) is 4.84. The van der Waals surface area contributed by atoms with Crippen LogP contribution in [0.1, 0.15) is 23.1 Å². The summed E-state index contributed by atoms with van der Waals surface area (Å²) in [6, 6.07) is 29.5. The standard InChI is InChI=1S/C28H30O3/c1-30-22-27(23-31-2,21-24-13-6-3-7-14-24)19-12-20-28(29,25-15-8-4-9-16-25)26-17-10-5-11-18-26/h3-11,13-18,29H,19,21-23H2,1-2H3. The molecule has 0 saturated carbocycles. The third kappa shape index (κ3) is 5.83. The van der Waals surface area contributed by atoms with E-state index in [9.17, 15) is 5.11 Å². The van der Waals surface area contributed by atoms with Crippen LogP contribution < -0.4 is 0 Å². The van der Waals surface area contributed by atoms with Gasteiger partial charge in [0.1, 0.15) is 0 Å². The third-order valence-electron chi connectivity index (χ3n) is 5.44. The second-order valence-electron chi connectivity index (χ2n) is 7.95. The molecular formula is C28H30O3. The van der Waals surface area contributed by atoms with Crippen LogP contribution in [-0.4, -0.2) is 32.5 Å². The number of rotatable bonds is 9. The van der Waals surface area contributed by atoms with Crippen LogP contribution in [-0.2, 0) is 21.5 Å². The monoisotopic (exact) mass is 414 g/mol. The van der Waals surface area contributed by atoms with Crippen molar-refractivity contribution in [2.75, 3.05) is 27.4 Å². The van der Waals surface area contributed by atoms with Crippen molar-refractivity contribution in [2.24, 2.45) is 5.41 Å². The van der Waals surface area contributed by atoms with Gasteiger partial charge >= 0.3 is 0 Å². The Balaban J connectivity index is 1.96. The fourth-order valence-electron chi connectivity index (χ4n) is 3.98. The van der Waals surface area contributed by atoms with Crippen molar-refractivity contribution in [3.05, 3.63) is 108 Å². The van der Waals surface area contributed by atoms with E-state index in [-0.39, 0.29) is 5.41 Å². The normalized spacial score (nSPS) is 11.6. The Morgan fingerprint density at radius 2 is 1.16 bits per heavy atom. The lowest BCUT2D eigenvalue weighted by atomic mass is 9.79. The molecule has 0 atom stereocenters. The number of ether oxygens (including phenoxy) is 2. The predicted molar refractivity (Wildman–Crippen MR) is 125 cm³/mol. The molecule has 160 valence electrons. The van der Waals surface area contributed by atoms with E-state index in [0.29, 0.717) is 19.6 Å². The molecule has 0 spiro atoms. The van der Waals surface area contributed by atoms with Crippen LogP contribution >= 0.6 is 0 Å². The molecule has 0 saturated heterocycles. The molecular weight excluding hydrogens is 384 g/mol. The van der Waals surface area contributed by atoms with E-state index in [1.807, 2.05) is 78.9 Å². The molecule has 0 aliphatic rings. The molecule has 3 rings (SSSR count). The highest BCUT2D eigenvalue weighted by atomic mass is 16.5. The smallest absolute Gasteiger partial charge is 0.176 e. The molecule has 31 heavy (non-hydrogen) atoms. The Morgan fingerprint density at radius 1 is 0.710 bits per heavy atom. The zero-order valence-corrected chi connectivity index (χ0v) is 18.3. The van der Waals surface area contributed by atoms with Gasteiger partial charge in [0.2, 0.25) is 0 Å². The molecule has 0 aromatic heterocycles. The molecule has 0 unspecified atom stereocenters. The summed E-state index contributed by atoms with van der Waals surface area (Å²) in [5, 5.41) is 11.7. The van der Waals surface area contributed by atoms with Crippen molar-refractivity contribution in [1.82, 2.24) is 0 Å². The molecule has 0 aliphatic heterocycles. The zero-order valence-electron chi connectivity index (χ0n) is 18.3. The fourth-order valence-corrected chi connectivity index (χ4v) is 3.98. The summed E-state index contributed by atoms with van der Waals surface area (Å²) in [5.41, 5.74) is 1.01. The molecule has 0 radical (unpaired) electrons. The van der Waals surface area contributed by atoms with E-state index in [2.05, 4.69) is 24.0 Å². The molecule has 3 aromatic rings. The van der Waals surface area contributed by atoms with Gasteiger partial charge in [-0.2, -0.15) is 0 Å². The maximum atomic E-state index is 11.7. The van der Waals surface area contributed by atoms with E-state index in [1.165, 1.54) is 5.56 Å². The first-order valence-corrected chi connectivity index (χ1v) is 10.5. The Morgan fingerprint density at radius 3 is 1.61 bits per heavy atom. The van der Waals surface area contributed by atoms with E-state index in [0.717, 1.165) is 17.5 Å². The summed E-state index contributed by atoms with van der Waals surface area (Å²) >= 11 is 0. The summed E-state index contributed by atoms with van der Waals surface area (Å²) < 4.78 is 11.1. The van der Waals surface area contributed by atoms with Gasteiger partial charge in [-0.05, 0) is 12.0 Å². The van der Waals surface area contributed by atoms with Gasteiger partial charge in [-0.15, -0.1) is 0 Å². The van der Waals surface area contributed by atoms with Gasteiger partial charge in [-0.25, -0.2) is 0 Å². The second kappa shape index (κ2) is 10.9. The topological polar surface area (TPSA) is 38.7 Å². The Hall–Kier alpha value is -2.90. The lowest BCUT2D eigenvalue weighted by Gasteiger charge is -2.31. The number of methoxy groups -OCH3 is 2. The maximum absolute atomic E-state index is 11.7. The van der Waals surface area contributed by atoms with E-state index < -0.39 is 5.60 Å². The quantitative estimate of drug-likeness (QED) is 0.509. The lowest BCUT2D eigenvalue weighted by Crippen LogP contribution is -2.34. The minimum absolute atomic E-state index is 0.313. The summed E-state index contributed by atoms with van der Waals surface area (Å²) in [6.07, 6.45) is 1.31. The number of aliphatic hydroxyl groups is 1. The number of benzene rings is 3. The van der Waals surface area contributed by atoms with Crippen LogP contribution in [0.4, 0.5) is 0 Å². The SMILES string of the molecule is COCC(CC#CC(O)(c1ccccc1)c1ccccc1)(COC)Cc1ccccc1. The van der Waals surface area contributed by atoms with Crippen LogP contribution in [0.3, 0.4) is 0 Å². The van der Waals surface area contributed by atoms with Crippen LogP contribution in [0.5, 0.6) is 0 Å². The van der Waals surface area contributed by atoms with Crippen molar-refractivity contribution in [1.29, 1.82) is 0 Å². The van der Waals surface area contributed by atoms with Gasteiger partial charge in [-0.3, -0.25) is 0 Å². The van der Waals surface area contributed by atoms with Crippen LogP contribution in [0.25, 0.3) is 0 Å². The van der Waals surface area contributed by atoms with Crippen molar-refractivity contribution < 1.29 is 14.6 Å². The van der Waals surface area contributed by atoms with Gasteiger partial charge in [0.15, 0.2) is 5.60 Å². The van der Waals surface area contributed by atoms with Crippen LogP contribution in [0.2, 0.25) is 0 Å². The van der Waals surface area contributed by atoms with Crippen molar-refractivity contribution in [3.63, 3.8) is 0 Å². The highest BCUT2D eigenvalue weighted by molar-refractivity contribution is 5.44. The molecule has 0 heterocycles. The van der Waals surface area contributed by atoms with Crippen LogP contribution in [0.15, 0.2) is 91.0 Å². The largest absolute Gasteiger partial charge is 0.384 e. The molecule has 0 fully saturated rings. The van der Waals surface area contributed by atoms with E-state index in [1.54, 1.807) is 14.2 Å². The first-order valence-electron chi connectivity index (χ1n) is 10.5. The first kappa shape index (κ1) is 22.8. The summed E-state index contributed by atoms with van der Waals surface area (Å²) in [6.45, 7) is 1.03. The van der Waals surface area contributed by atoms with Gasteiger partial charge in [0.05, 0.1) is 13.2 Å². The minimum atomic E-state index is -1.39. The highest BCUT2D eigenvalue weighted by Gasteiger charge is 2.32. The Bertz CT molecular complexity index is 927. The van der Waals surface area contributed by atoms with Crippen molar-refractivity contribution in [3.8, 4) is 11.8 Å². The highest BCUT2D eigenvalue weighted by Crippen LogP contribution is 2.31. The summed E-state index contributed by atoms with van der Waals surface area (Å²) in [7, 11) is 3.40. The lowest BCUT2D eigenvalue weighted by molar-refractivity contribution is 0.0132. The molecule has 3 heteroatoms. The zero-order chi connectivity index (χ0) is 22.0. The minimum Gasteiger partial charge on any atom is -0.384 e. The van der Waals surface area contributed by atoms with Gasteiger partial charge in [-0.1, -0.05) is 103 Å². The number of hydrogen-bond donors (Lipinski definition) is 1. The van der Waals surface area contributed by atoms with Gasteiger partial charge < -0.3 is 14.6 Å².